The van der Waals surface area contributed by atoms with Crippen LogP contribution in [0.25, 0.3) is 0 Å². The normalized spacial score (nSPS) is 12.9. The molecule has 0 heterocycles. The summed E-state index contributed by atoms with van der Waals surface area (Å²) >= 11 is 0. The molecule has 2 unspecified atom stereocenters. The highest BCUT2D eigenvalue weighted by molar-refractivity contribution is 7.27. The van der Waals surface area contributed by atoms with E-state index in [-0.39, 0.29) is 11.8 Å². The van der Waals surface area contributed by atoms with Crippen molar-refractivity contribution in [2.75, 3.05) is 0 Å². The summed E-state index contributed by atoms with van der Waals surface area (Å²) in [4.78, 5) is 11.8. The van der Waals surface area contributed by atoms with Gasteiger partial charge in [-0.25, -0.2) is 0 Å². The molecule has 88 valence electrons. The van der Waals surface area contributed by atoms with E-state index in [2.05, 4.69) is 34.4 Å². The van der Waals surface area contributed by atoms with E-state index in [1.807, 2.05) is 20.8 Å². The summed E-state index contributed by atoms with van der Waals surface area (Å²) < 4.78 is 0. The van der Waals surface area contributed by atoms with Crippen LogP contribution in [0.5, 0.6) is 0 Å². The van der Waals surface area contributed by atoms with Crippen LogP contribution in [0.1, 0.15) is 31.9 Å². The predicted octanol–water partition coefficient (Wildman–Crippen LogP) is 2.90. The maximum absolute atomic E-state index is 11.8. The lowest BCUT2D eigenvalue weighted by molar-refractivity contribution is -0.125. The number of Topliss-reactive ketones (excluding diaryl/α,β-unsaturated/α-hetero) is 1. The zero-order valence-electron chi connectivity index (χ0n) is 10.6. The van der Waals surface area contributed by atoms with Crippen molar-refractivity contribution in [3.05, 3.63) is 29.3 Å². The van der Waals surface area contributed by atoms with Gasteiger partial charge in [-0.3, -0.25) is 4.79 Å². The minimum Gasteiger partial charge on any atom is -0.299 e. The average molecular weight is 236 g/mol. The Morgan fingerprint density at radius 2 is 1.94 bits per heavy atom. The highest BCUT2D eigenvalue weighted by Crippen LogP contribution is 2.14. The Morgan fingerprint density at radius 3 is 2.44 bits per heavy atom. The summed E-state index contributed by atoms with van der Waals surface area (Å²) in [6.45, 7) is 8.04. The number of hydrogen-bond donors (Lipinski definition) is 0. The van der Waals surface area contributed by atoms with Gasteiger partial charge in [-0.2, -0.15) is 0 Å². The summed E-state index contributed by atoms with van der Waals surface area (Å²) in [6, 6.07) is 6.38. The van der Waals surface area contributed by atoms with Crippen molar-refractivity contribution >= 4 is 20.3 Å². The molecule has 0 N–H and O–H groups in total. The zero-order valence-corrected chi connectivity index (χ0v) is 11.7. The van der Waals surface area contributed by atoms with Crippen LogP contribution in [0.3, 0.4) is 0 Å². The first-order valence-corrected chi connectivity index (χ1v) is 6.38. The summed E-state index contributed by atoms with van der Waals surface area (Å²) in [5, 5.41) is 1.21. The maximum Gasteiger partial charge on any atom is 0.138 e. The molecule has 0 radical (unpaired) electrons. The third-order valence-corrected chi connectivity index (χ3v) is 3.42. The van der Waals surface area contributed by atoms with Crippen LogP contribution in [0.2, 0.25) is 0 Å². The van der Waals surface area contributed by atoms with Gasteiger partial charge in [0.1, 0.15) is 5.78 Å². The third kappa shape index (κ3) is 3.42. The molecule has 0 amide bonds. The molecule has 2 atom stereocenters. The van der Waals surface area contributed by atoms with Crippen LogP contribution < -0.4 is 5.30 Å². The quantitative estimate of drug-likeness (QED) is 0.735. The number of carbonyl (C=O) groups is 1. The van der Waals surface area contributed by atoms with Crippen LogP contribution in [-0.2, 0) is 11.2 Å². The molecule has 1 aromatic carbocycles. The number of hydrogen-bond acceptors (Lipinski definition) is 1. The molecule has 0 spiro atoms. The summed E-state index contributed by atoms with van der Waals surface area (Å²) in [5.41, 5.74) is 2.52. The second-order valence-corrected chi connectivity index (χ2v) is 5.49. The Bertz CT molecular complexity index is 382. The number of aryl methyl sites for hydroxylation is 1. The largest absolute Gasteiger partial charge is 0.299 e. The lowest BCUT2D eigenvalue weighted by Gasteiger charge is -2.14. The van der Waals surface area contributed by atoms with Gasteiger partial charge in [0.15, 0.2) is 0 Å². The van der Waals surface area contributed by atoms with Crippen molar-refractivity contribution in [2.45, 2.75) is 34.1 Å². The van der Waals surface area contributed by atoms with Crippen LogP contribution in [-0.4, -0.2) is 5.78 Å². The van der Waals surface area contributed by atoms with Crippen molar-refractivity contribution in [1.82, 2.24) is 0 Å². The topological polar surface area (TPSA) is 17.1 Å². The minimum atomic E-state index is 0.113. The fourth-order valence-electron chi connectivity index (χ4n) is 1.90. The fourth-order valence-corrected chi connectivity index (χ4v) is 2.38. The molecule has 16 heavy (non-hydrogen) atoms. The molecule has 1 rings (SSSR count). The molecular weight excluding hydrogens is 215 g/mol. The highest BCUT2D eigenvalue weighted by atomic mass is 31.0. The van der Waals surface area contributed by atoms with Gasteiger partial charge in [-0.1, -0.05) is 44.5 Å². The van der Waals surface area contributed by atoms with Crippen molar-refractivity contribution in [3.8, 4) is 0 Å². The number of carbonyl (C=O) groups excluding carboxylic acids is 1. The van der Waals surface area contributed by atoms with E-state index >= 15 is 0 Å². The van der Waals surface area contributed by atoms with E-state index < -0.39 is 0 Å². The molecular formula is C14H21OP. The second kappa shape index (κ2) is 5.59. The average Bonchev–Trinajstić information content (AvgIpc) is 2.20. The van der Waals surface area contributed by atoms with Crippen molar-refractivity contribution < 1.29 is 4.79 Å². The van der Waals surface area contributed by atoms with Gasteiger partial charge in [0, 0.05) is 11.8 Å². The maximum atomic E-state index is 11.8. The van der Waals surface area contributed by atoms with Gasteiger partial charge < -0.3 is 0 Å². The van der Waals surface area contributed by atoms with Gasteiger partial charge in [-0.15, -0.1) is 9.24 Å². The van der Waals surface area contributed by atoms with E-state index in [1.54, 1.807) is 0 Å². The van der Waals surface area contributed by atoms with E-state index in [1.165, 1.54) is 16.4 Å². The molecule has 2 heteroatoms. The first kappa shape index (κ1) is 13.4. The molecule has 0 aliphatic carbocycles. The summed E-state index contributed by atoms with van der Waals surface area (Å²) in [5.74, 6) is 0.598. The van der Waals surface area contributed by atoms with Crippen LogP contribution in [0, 0.1) is 18.8 Å². The van der Waals surface area contributed by atoms with Gasteiger partial charge in [-0.05, 0) is 24.2 Å². The highest BCUT2D eigenvalue weighted by Gasteiger charge is 2.17. The molecule has 0 saturated heterocycles. The van der Waals surface area contributed by atoms with Gasteiger partial charge in [0.05, 0.1) is 0 Å². The number of rotatable bonds is 4. The molecule has 0 bridgehead atoms. The van der Waals surface area contributed by atoms with Crippen molar-refractivity contribution in [3.63, 3.8) is 0 Å². The fraction of sp³-hybridized carbons (Fsp3) is 0.500. The molecule has 0 aliphatic rings. The SMILES string of the molecule is Cc1ccc(CC(C)C(=O)C(C)C)c(P)c1. The van der Waals surface area contributed by atoms with Gasteiger partial charge in [0.2, 0.25) is 0 Å². The predicted molar refractivity (Wildman–Crippen MR) is 73.2 cm³/mol. The first-order chi connectivity index (χ1) is 7.41. The van der Waals surface area contributed by atoms with E-state index in [4.69, 9.17) is 0 Å². The molecule has 0 aliphatic heterocycles. The Morgan fingerprint density at radius 1 is 1.31 bits per heavy atom. The van der Waals surface area contributed by atoms with Crippen molar-refractivity contribution in [2.24, 2.45) is 11.8 Å². The molecule has 0 saturated carbocycles. The van der Waals surface area contributed by atoms with Crippen molar-refractivity contribution in [1.29, 1.82) is 0 Å². The van der Waals surface area contributed by atoms with Crippen LogP contribution in [0.4, 0.5) is 0 Å². The van der Waals surface area contributed by atoms with Crippen LogP contribution in [0.15, 0.2) is 18.2 Å². The second-order valence-electron chi connectivity index (χ2n) is 4.86. The van der Waals surface area contributed by atoms with Gasteiger partial charge in [0.25, 0.3) is 0 Å². The molecule has 0 aromatic heterocycles. The lowest BCUT2D eigenvalue weighted by atomic mass is 9.91. The Balaban J connectivity index is 2.77. The summed E-state index contributed by atoms with van der Waals surface area (Å²) in [6.07, 6.45) is 0.843. The standard InChI is InChI=1S/C14H21OP/c1-9(2)14(15)11(4)8-12-6-5-10(3)7-13(12)16/h5-7,9,11H,8,16H2,1-4H3. The molecule has 1 aromatic rings. The zero-order chi connectivity index (χ0) is 12.3. The van der Waals surface area contributed by atoms with E-state index in [9.17, 15) is 4.79 Å². The van der Waals surface area contributed by atoms with E-state index in [0.717, 1.165) is 6.42 Å². The Labute approximate surface area is 101 Å². The summed E-state index contributed by atoms with van der Waals surface area (Å²) in [7, 11) is 2.76. The van der Waals surface area contributed by atoms with Gasteiger partial charge >= 0.3 is 0 Å². The first-order valence-electron chi connectivity index (χ1n) is 5.80. The lowest BCUT2D eigenvalue weighted by Crippen LogP contribution is -2.20. The Hall–Kier alpha value is -0.680. The minimum absolute atomic E-state index is 0.113. The van der Waals surface area contributed by atoms with E-state index in [0.29, 0.717) is 5.78 Å². The smallest absolute Gasteiger partial charge is 0.138 e. The van der Waals surface area contributed by atoms with Crippen LogP contribution >= 0.6 is 9.24 Å². The number of ketones is 1. The number of benzene rings is 1. The molecule has 1 nitrogen and oxygen atoms in total. The molecule has 0 fully saturated rings. The third-order valence-electron chi connectivity index (χ3n) is 2.88. The monoisotopic (exact) mass is 236 g/mol. The Kier molecular flexibility index (Phi) is 4.68.